The van der Waals surface area contributed by atoms with E-state index >= 15 is 0 Å². The molecule has 0 aliphatic heterocycles. The quantitative estimate of drug-likeness (QED) is 0.499. The molecule has 0 saturated heterocycles. The predicted molar refractivity (Wildman–Crippen MR) is 107 cm³/mol. The number of ether oxygens (including phenoxy) is 2. The van der Waals surface area contributed by atoms with Crippen LogP contribution in [0.15, 0.2) is 12.2 Å². The van der Waals surface area contributed by atoms with Crippen molar-refractivity contribution in [3.63, 3.8) is 0 Å². The maximum Gasteiger partial charge on any atom is 0.302 e. The third-order valence-corrected chi connectivity index (χ3v) is 8.99. The number of hydrogen-bond donors (Lipinski definition) is 0. The average molecular weight is 389 g/mol. The predicted octanol–water partition coefficient (Wildman–Crippen LogP) is 5.06. The topological polar surface area (TPSA) is 52.6 Å². The molecule has 156 valence electrons. The second-order valence-electron chi connectivity index (χ2n) is 10.9. The fourth-order valence-corrected chi connectivity index (χ4v) is 7.96. The van der Waals surface area contributed by atoms with Crippen molar-refractivity contribution in [2.24, 2.45) is 33.5 Å². The molecule has 5 unspecified atom stereocenters. The van der Waals surface area contributed by atoms with E-state index in [4.69, 9.17) is 9.47 Å². The van der Waals surface area contributed by atoms with E-state index in [1.54, 1.807) is 0 Å². The first-order valence-electron chi connectivity index (χ1n) is 11.1. The van der Waals surface area contributed by atoms with Gasteiger partial charge in [-0.2, -0.15) is 0 Å². The van der Waals surface area contributed by atoms with Gasteiger partial charge in [0.1, 0.15) is 13.2 Å². The Balaban J connectivity index is 1.67. The van der Waals surface area contributed by atoms with Gasteiger partial charge in [-0.1, -0.05) is 32.4 Å². The van der Waals surface area contributed by atoms with E-state index in [1.807, 2.05) is 0 Å². The Morgan fingerprint density at radius 2 is 1.54 bits per heavy atom. The molecule has 28 heavy (non-hydrogen) atoms. The van der Waals surface area contributed by atoms with Crippen molar-refractivity contribution in [2.45, 2.75) is 79.1 Å². The lowest BCUT2D eigenvalue weighted by Crippen LogP contribution is -2.59. The van der Waals surface area contributed by atoms with Crippen LogP contribution in [0.1, 0.15) is 79.1 Å². The Hall–Kier alpha value is -1.32. The first kappa shape index (κ1) is 20.0. The van der Waals surface area contributed by atoms with Crippen molar-refractivity contribution in [3.05, 3.63) is 12.2 Å². The summed E-state index contributed by atoms with van der Waals surface area (Å²) in [7, 11) is 0. The summed E-state index contributed by atoms with van der Waals surface area (Å²) in [4.78, 5) is 23.3. The van der Waals surface area contributed by atoms with Gasteiger partial charge in [-0.05, 0) is 73.0 Å². The third-order valence-electron chi connectivity index (χ3n) is 8.99. The van der Waals surface area contributed by atoms with Gasteiger partial charge in [0.25, 0.3) is 0 Å². The van der Waals surface area contributed by atoms with Gasteiger partial charge in [-0.25, -0.2) is 0 Å². The normalized spacial score (nSPS) is 43.0. The Morgan fingerprint density at radius 3 is 2.18 bits per heavy atom. The fraction of sp³-hybridized carbons (Fsp3) is 0.833. The van der Waals surface area contributed by atoms with Crippen LogP contribution in [0.2, 0.25) is 0 Å². The molecule has 3 fully saturated rings. The van der Waals surface area contributed by atoms with E-state index in [0.717, 1.165) is 19.3 Å². The van der Waals surface area contributed by atoms with E-state index in [2.05, 4.69) is 26.0 Å². The van der Waals surface area contributed by atoms with Gasteiger partial charge in [0.05, 0.1) is 0 Å². The molecule has 4 rings (SSSR count). The molecule has 2 bridgehead atoms. The molecule has 0 N–H and O–H groups in total. The van der Waals surface area contributed by atoms with Crippen LogP contribution in [0.25, 0.3) is 0 Å². The van der Waals surface area contributed by atoms with Gasteiger partial charge in [0.15, 0.2) is 0 Å². The number of allylic oxidation sites excluding steroid dienone is 2. The van der Waals surface area contributed by atoms with Gasteiger partial charge in [-0.3, -0.25) is 9.59 Å². The number of carbonyl (C=O) groups excluding carboxylic acids is 2. The lowest BCUT2D eigenvalue weighted by Gasteiger charge is -2.64. The number of esters is 2. The van der Waals surface area contributed by atoms with E-state index in [9.17, 15) is 9.59 Å². The molecule has 5 atom stereocenters. The SMILES string of the molecule is CC(=O)OCC1(COC(C)=O)CCCC2(C)C3CCC4(C)C=CC3(CCC12)C4. The smallest absolute Gasteiger partial charge is 0.302 e. The Kier molecular flexibility index (Phi) is 4.71. The summed E-state index contributed by atoms with van der Waals surface area (Å²) in [5.41, 5.74) is 0.715. The first-order valence-corrected chi connectivity index (χ1v) is 11.1. The number of rotatable bonds is 4. The highest BCUT2D eigenvalue weighted by Gasteiger charge is 2.64. The van der Waals surface area contributed by atoms with Gasteiger partial charge >= 0.3 is 11.9 Å². The minimum atomic E-state index is -0.242. The largest absolute Gasteiger partial charge is 0.465 e. The molecule has 0 aromatic rings. The Morgan fingerprint density at radius 1 is 0.893 bits per heavy atom. The summed E-state index contributed by atoms with van der Waals surface area (Å²) in [6, 6.07) is 0. The Bertz CT molecular complexity index is 679. The van der Waals surface area contributed by atoms with Crippen LogP contribution in [-0.2, 0) is 19.1 Å². The van der Waals surface area contributed by atoms with Crippen LogP contribution in [0.5, 0.6) is 0 Å². The van der Waals surface area contributed by atoms with Gasteiger partial charge in [-0.15, -0.1) is 0 Å². The molecular weight excluding hydrogens is 352 g/mol. The van der Waals surface area contributed by atoms with Crippen LogP contribution in [0, 0.1) is 33.5 Å². The molecular formula is C24H36O4. The van der Waals surface area contributed by atoms with Crippen molar-refractivity contribution in [3.8, 4) is 0 Å². The van der Waals surface area contributed by atoms with Crippen LogP contribution >= 0.6 is 0 Å². The molecule has 0 radical (unpaired) electrons. The van der Waals surface area contributed by atoms with Crippen molar-refractivity contribution in [2.75, 3.05) is 13.2 Å². The highest BCUT2D eigenvalue weighted by atomic mass is 16.5. The molecule has 0 heterocycles. The van der Waals surface area contributed by atoms with Crippen molar-refractivity contribution >= 4 is 11.9 Å². The second-order valence-corrected chi connectivity index (χ2v) is 10.9. The monoisotopic (exact) mass is 388 g/mol. The van der Waals surface area contributed by atoms with Crippen molar-refractivity contribution in [1.82, 2.24) is 0 Å². The molecule has 4 heteroatoms. The number of carbonyl (C=O) groups is 2. The highest BCUT2D eigenvalue weighted by molar-refractivity contribution is 5.66. The highest BCUT2D eigenvalue weighted by Crippen LogP contribution is 2.71. The number of hydrogen-bond acceptors (Lipinski definition) is 4. The van der Waals surface area contributed by atoms with E-state index in [1.165, 1.54) is 46.0 Å². The second kappa shape index (κ2) is 6.60. The number of fused-ring (bicyclic) bond motifs is 3. The standard InChI is InChI=1S/C24H36O4/c1-17(25)27-15-24(16-28-18(2)26)9-5-8-22(4)19-6-10-21(3)12-13-23(19,14-21)11-7-20(22)24/h12-13,19-20H,5-11,14-16H2,1-4H3. The van der Waals surface area contributed by atoms with Crippen LogP contribution in [0.4, 0.5) is 0 Å². The van der Waals surface area contributed by atoms with E-state index in [-0.39, 0.29) is 22.8 Å². The average Bonchev–Trinajstić information content (AvgIpc) is 2.87. The van der Waals surface area contributed by atoms with Crippen molar-refractivity contribution in [1.29, 1.82) is 0 Å². The molecule has 0 aromatic heterocycles. The zero-order valence-electron chi connectivity index (χ0n) is 18.0. The minimum Gasteiger partial charge on any atom is -0.465 e. The summed E-state index contributed by atoms with van der Waals surface area (Å²) in [5, 5.41) is 0. The lowest BCUT2D eigenvalue weighted by atomic mass is 9.40. The third kappa shape index (κ3) is 3.02. The lowest BCUT2D eigenvalue weighted by molar-refractivity contribution is -0.190. The summed E-state index contributed by atoms with van der Waals surface area (Å²) < 4.78 is 11.2. The molecule has 4 nitrogen and oxygen atoms in total. The van der Waals surface area contributed by atoms with Gasteiger partial charge in [0.2, 0.25) is 0 Å². The van der Waals surface area contributed by atoms with Crippen LogP contribution < -0.4 is 0 Å². The Labute approximate surface area is 169 Å². The van der Waals surface area contributed by atoms with E-state index < -0.39 is 0 Å². The molecule has 4 aliphatic rings. The molecule has 3 saturated carbocycles. The summed E-state index contributed by atoms with van der Waals surface area (Å²) in [6.07, 6.45) is 14.6. The van der Waals surface area contributed by atoms with E-state index in [0.29, 0.717) is 35.9 Å². The van der Waals surface area contributed by atoms with Gasteiger partial charge in [0, 0.05) is 19.3 Å². The van der Waals surface area contributed by atoms with Crippen molar-refractivity contribution < 1.29 is 19.1 Å². The summed E-state index contributed by atoms with van der Waals surface area (Å²) in [6.45, 7) is 8.63. The molecule has 4 aliphatic carbocycles. The maximum absolute atomic E-state index is 11.6. The van der Waals surface area contributed by atoms with Crippen LogP contribution in [-0.4, -0.2) is 25.2 Å². The van der Waals surface area contributed by atoms with Gasteiger partial charge < -0.3 is 9.47 Å². The zero-order valence-corrected chi connectivity index (χ0v) is 18.0. The van der Waals surface area contributed by atoms with Crippen LogP contribution in [0.3, 0.4) is 0 Å². The molecule has 0 aromatic carbocycles. The summed E-state index contributed by atoms with van der Waals surface area (Å²) >= 11 is 0. The first-order chi connectivity index (χ1) is 13.1. The fourth-order valence-electron chi connectivity index (χ4n) is 7.96. The zero-order chi connectivity index (χ0) is 20.2. The maximum atomic E-state index is 11.6. The minimum absolute atomic E-state index is 0.215. The molecule has 0 amide bonds. The molecule has 1 spiro atoms. The summed E-state index contributed by atoms with van der Waals surface area (Å²) in [5.74, 6) is 0.629.